The van der Waals surface area contributed by atoms with E-state index in [0.29, 0.717) is 28.7 Å². The number of halogens is 1. The number of amides is 1. The highest BCUT2D eigenvalue weighted by Gasteiger charge is 2.32. The number of benzene rings is 2. The van der Waals surface area contributed by atoms with E-state index in [-0.39, 0.29) is 11.9 Å². The number of hydrogen-bond acceptors (Lipinski definition) is 4. The Morgan fingerprint density at radius 1 is 1.07 bits per heavy atom. The lowest BCUT2D eigenvalue weighted by Crippen LogP contribution is -2.45. The Hall–Kier alpha value is -2.24. The first-order valence-electron chi connectivity index (χ1n) is 10.2. The van der Waals surface area contributed by atoms with Gasteiger partial charge in [0.2, 0.25) is 0 Å². The molecular weight excluding hydrogens is 388 g/mol. The first kappa shape index (κ1) is 20.0. The molecule has 0 radical (unpaired) electrons. The Kier molecular flexibility index (Phi) is 6.26. The number of methoxy groups -OCH3 is 1. The maximum Gasteiger partial charge on any atom is 0.251 e. The fourth-order valence-electron chi connectivity index (χ4n) is 3.79. The van der Waals surface area contributed by atoms with Gasteiger partial charge in [0.25, 0.3) is 5.91 Å². The van der Waals surface area contributed by atoms with Crippen LogP contribution in [0.4, 0.5) is 0 Å². The molecule has 6 heteroatoms. The van der Waals surface area contributed by atoms with E-state index in [2.05, 4.69) is 10.2 Å². The van der Waals surface area contributed by atoms with Crippen molar-refractivity contribution in [2.75, 3.05) is 20.2 Å². The summed E-state index contributed by atoms with van der Waals surface area (Å²) in [5, 5.41) is 3.87. The third-order valence-electron chi connectivity index (χ3n) is 5.66. The molecule has 2 aromatic carbocycles. The van der Waals surface area contributed by atoms with Crippen molar-refractivity contribution < 1.29 is 14.3 Å². The molecule has 1 saturated heterocycles. The van der Waals surface area contributed by atoms with E-state index in [9.17, 15) is 4.79 Å². The van der Waals surface area contributed by atoms with Gasteiger partial charge in [-0.05, 0) is 61.6 Å². The third kappa shape index (κ3) is 5.22. The Labute approximate surface area is 176 Å². The number of carbonyl (C=O) groups is 1. The highest BCUT2D eigenvalue weighted by Crippen LogP contribution is 2.30. The standard InChI is InChI=1S/C23H27ClN2O3/c1-28-22-14-17(4-9-21(22)29-15-16-2-5-18(24)6-3-16)23(27)25-19-10-12-26(13-11-19)20-7-8-20/h2-6,9,14,19-20H,7-8,10-13,15H2,1H3,(H,25,27). The number of ether oxygens (including phenoxy) is 2. The van der Waals surface area contributed by atoms with E-state index >= 15 is 0 Å². The lowest BCUT2D eigenvalue weighted by atomic mass is 10.0. The molecule has 0 spiro atoms. The summed E-state index contributed by atoms with van der Waals surface area (Å²) in [4.78, 5) is 15.3. The normalized spacial score (nSPS) is 17.7. The predicted molar refractivity (Wildman–Crippen MR) is 114 cm³/mol. The molecule has 0 unspecified atom stereocenters. The monoisotopic (exact) mass is 414 g/mol. The molecule has 2 aliphatic rings. The lowest BCUT2D eigenvalue weighted by Gasteiger charge is -2.32. The highest BCUT2D eigenvalue weighted by atomic mass is 35.5. The second-order valence-corrected chi connectivity index (χ2v) is 8.23. The van der Waals surface area contributed by atoms with E-state index in [1.165, 1.54) is 12.8 Å². The summed E-state index contributed by atoms with van der Waals surface area (Å²) in [6, 6.07) is 13.9. The molecule has 154 valence electrons. The molecule has 0 atom stereocenters. The number of piperidine rings is 1. The highest BCUT2D eigenvalue weighted by molar-refractivity contribution is 6.30. The van der Waals surface area contributed by atoms with Crippen LogP contribution in [-0.2, 0) is 6.61 Å². The van der Waals surface area contributed by atoms with Crippen LogP contribution in [0.2, 0.25) is 5.02 Å². The van der Waals surface area contributed by atoms with Crippen LogP contribution in [-0.4, -0.2) is 43.1 Å². The van der Waals surface area contributed by atoms with Gasteiger partial charge in [-0.1, -0.05) is 23.7 Å². The largest absolute Gasteiger partial charge is 0.493 e. The Balaban J connectivity index is 1.34. The van der Waals surface area contributed by atoms with Gasteiger partial charge >= 0.3 is 0 Å². The van der Waals surface area contributed by atoms with Gasteiger partial charge in [-0.15, -0.1) is 0 Å². The fraction of sp³-hybridized carbons (Fsp3) is 0.435. The molecule has 29 heavy (non-hydrogen) atoms. The zero-order valence-electron chi connectivity index (χ0n) is 16.7. The molecule has 0 bridgehead atoms. The predicted octanol–water partition coefficient (Wildman–Crippen LogP) is 4.28. The van der Waals surface area contributed by atoms with Crippen LogP contribution in [0.3, 0.4) is 0 Å². The summed E-state index contributed by atoms with van der Waals surface area (Å²) < 4.78 is 11.3. The van der Waals surface area contributed by atoms with Gasteiger partial charge in [-0.25, -0.2) is 0 Å². The van der Waals surface area contributed by atoms with Crippen molar-refractivity contribution in [3.05, 3.63) is 58.6 Å². The molecule has 1 aliphatic heterocycles. The minimum atomic E-state index is -0.0579. The number of rotatable bonds is 7. The molecule has 1 saturated carbocycles. The van der Waals surface area contributed by atoms with Crippen molar-refractivity contribution in [2.45, 2.75) is 44.4 Å². The summed E-state index contributed by atoms with van der Waals surface area (Å²) in [5.41, 5.74) is 1.60. The van der Waals surface area contributed by atoms with Crippen LogP contribution in [0.1, 0.15) is 41.6 Å². The van der Waals surface area contributed by atoms with E-state index < -0.39 is 0 Å². The van der Waals surface area contributed by atoms with Crippen molar-refractivity contribution in [1.82, 2.24) is 10.2 Å². The average Bonchev–Trinajstić information content (AvgIpc) is 3.59. The van der Waals surface area contributed by atoms with Crippen LogP contribution in [0.5, 0.6) is 11.5 Å². The van der Waals surface area contributed by atoms with Crippen LogP contribution >= 0.6 is 11.6 Å². The van der Waals surface area contributed by atoms with Crippen molar-refractivity contribution >= 4 is 17.5 Å². The molecule has 0 aromatic heterocycles. The van der Waals surface area contributed by atoms with E-state index in [1.807, 2.05) is 24.3 Å². The minimum Gasteiger partial charge on any atom is -0.493 e. The number of carbonyl (C=O) groups excluding carboxylic acids is 1. The van der Waals surface area contributed by atoms with Crippen LogP contribution in [0.25, 0.3) is 0 Å². The van der Waals surface area contributed by atoms with Crippen LogP contribution < -0.4 is 14.8 Å². The average molecular weight is 415 g/mol. The molecular formula is C23H27ClN2O3. The fourth-order valence-corrected chi connectivity index (χ4v) is 3.91. The maximum atomic E-state index is 12.7. The van der Waals surface area contributed by atoms with Gasteiger partial charge in [-0.3, -0.25) is 4.79 Å². The number of hydrogen-bond donors (Lipinski definition) is 1. The molecule has 5 nitrogen and oxygen atoms in total. The number of nitrogens with zero attached hydrogens (tertiary/aromatic N) is 1. The Bertz CT molecular complexity index is 844. The SMILES string of the molecule is COc1cc(C(=O)NC2CCN(C3CC3)CC2)ccc1OCc1ccc(Cl)cc1. The Morgan fingerprint density at radius 3 is 2.45 bits per heavy atom. The quantitative estimate of drug-likeness (QED) is 0.734. The molecule has 1 heterocycles. The van der Waals surface area contributed by atoms with Crippen molar-refractivity contribution in [3.63, 3.8) is 0 Å². The van der Waals surface area contributed by atoms with Gasteiger partial charge in [0.15, 0.2) is 11.5 Å². The second kappa shape index (κ2) is 9.06. The van der Waals surface area contributed by atoms with E-state index in [0.717, 1.165) is 37.5 Å². The second-order valence-electron chi connectivity index (χ2n) is 7.80. The maximum absolute atomic E-state index is 12.7. The minimum absolute atomic E-state index is 0.0579. The van der Waals surface area contributed by atoms with Crippen LogP contribution in [0, 0.1) is 0 Å². The van der Waals surface area contributed by atoms with Crippen molar-refractivity contribution in [2.24, 2.45) is 0 Å². The molecule has 1 N–H and O–H groups in total. The summed E-state index contributed by atoms with van der Waals surface area (Å²) in [6.45, 7) is 2.56. The third-order valence-corrected chi connectivity index (χ3v) is 5.91. The molecule has 2 fully saturated rings. The van der Waals surface area contributed by atoms with Gasteiger partial charge in [0, 0.05) is 35.8 Å². The molecule has 4 rings (SSSR count). The Morgan fingerprint density at radius 2 is 1.79 bits per heavy atom. The zero-order valence-corrected chi connectivity index (χ0v) is 17.5. The van der Waals surface area contributed by atoms with E-state index in [1.54, 1.807) is 25.3 Å². The molecule has 2 aromatic rings. The smallest absolute Gasteiger partial charge is 0.251 e. The van der Waals surface area contributed by atoms with Gasteiger partial charge in [0.05, 0.1) is 7.11 Å². The van der Waals surface area contributed by atoms with Crippen molar-refractivity contribution in [3.8, 4) is 11.5 Å². The first-order valence-corrected chi connectivity index (χ1v) is 10.6. The topological polar surface area (TPSA) is 50.8 Å². The van der Waals surface area contributed by atoms with E-state index in [4.69, 9.17) is 21.1 Å². The van der Waals surface area contributed by atoms with Gasteiger partial charge in [0.1, 0.15) is 6.61 Å². The summed E-state index contributed by atoms with van der Waals surface area (Å²) in [6.07, 6.45) is 4.70. The number of nitrogens with one attached hydrogen (secondary N) is 1. The molecule has 1 aliphatic carbocycles. The van der Waals surface area contributed by atoms with Crippen molar-refractivity contribution in [1.29, 1.82) is 0 Å². The first-order chi connectivity index (χ1) is 14.1. The van der Waals surface area contributed by atoms with Crippen LogP contribution in [0.15, 0.2) is 42.5 Å². The summed E-state index contributed by atoms with van der Waals surface area (Å²) in [7, 11) is 1.58. The lowest BCUT2D eigenvalue weighted by molar-refractivity contribution is 0.0908. The molecule has 1 amide bonds. The summed E-state index contributed by atoms with van der Waals surface area (Å²) in [5.74, 6) is 1.10. The number of likely N-dealkylation sites (tertiary alicyclic amines) is 1. The zero-order chi connectivity index (χ0) is 20.2. The van der Waals surface area contributed by atoms with Gasteiger partial charge in [-0.2, -0.15) is 0 Å². The van der Waals surface area contributed by atoms with Gasteiger partial charge < -0.3 is 19.7 Å². The summed E-state index contributed by atoms with van der Waals surface area (Å²) >= 11 is 5.92.